The van der Waals surface area contributed by atoms with Gasteiger partial charge in [0.05, 0.1) is 0 Å². The smallest absolute Gasteiger partial charge is 0.334 e. The molecule has 0 atom stereocenters. The molecule has 0 aliphatic rings. The van der Waals surface area contributed by atoms with Crippen molar-refractivity contribution in [3.05, 3.63) is 28.3 Å². The van der Waals surface area contributed by atoms with E-state index in [1.54, 1.807) is 0 Å². The SMILES string of the molecule is O=C(Cl)C(Cl)(Cl)Oc1c(F)c(F)c(F)c(F)c1Cl. The molecule has 0 aromatic heterocycles. The van der Waals surface area contributed by atoms with Crippen LogP contribution in [-0.2, 0) is 4.79 Å². The van der Waals surface area contributed by atoms with Gasteiger partial charge in [-0.3, -0.25) is 4.79 Å². The molecule has 0 fully saturated rings. The Hall–Kier alpha value is -0.430. The Kier molecular flexibility index (Phi) is 4.59. The van der Waals surface area contributed by atoms with E-state index in [1.165, 1.54) is 0 Å². The van der Waals surface area contributed by atoms with Gasteiger partial charge in [0.25, 0.3) is 5.24 Å². The van der Waals surface area contributed by atoms with E-state index >= 15 is 0 Å². The minimum atomic E-state index is -2.84. The van der Waals surface area contributed by atoms with Crippen LogP contribution in [0.3, 0.4) is 0 Å². The van der Waals surface area contributed by atoms with E-state index in [9.17, 15) is 22.4 Å². The minimum absolute atomic E-state index is 1.28. The molecule has 0 saturated carbocycles. The Morgan fingerprint density at radius 3 is 1.89 bits per heavy atom. The van der Waals surface area contributed by atoms with Gasteiger partial charge in [0.2, 0.25) is 11.6 Å². The third-order valence-corrected chi connectivity index (χ3v) is 2.92. The molecule has 1 rings (SSSR count). The van der Waals surface area contributed by atoms with Crippen molar-refractivity contribution in [2.45, 2.75) is 4.52 Å². The molecule has 0 amide bonds. The van der Waals surface area contributed by atoms with Gasteiger partial charge < -0.3 is 4.74 Å². The summed E-state index contributed by atoms with van der Waals surface area (Å²) in [5, 5.41) is -2.80. The zero-order chi connectivity index (χ0) is 14.2. The molecule has 2 nitrogen and oxygen atoms in total. The van der Waals surface area contributed by atoms with Gasteiger partial charge in [0.1, 0.15) is 5.02 Å². The summed E-state index contributed by atoms with van der Waals surface area (Å²) < 4.78 is 53.2. The highest BCUT2D eigenvalue weighted by Gasteiger charge is 2.38. The van der Waals surface area contributed by atoms with Gasteiger partial charge in [-0.05, 0) is 34.8 Å². The number of hydrogen-bond donors (Lipinski definition) is 0. The van der Waals surface area contributed by atoms with E-state index < -0.39 is 43.8 Å². The summed E-state index contributed by atoms with van der Waals surface area (Å²) >= 11 is 20.4. The number of halogens is 8. The highest BCUT2D eigenvalue weighted by atomic mass is 35.5. The van der Waals surface area contributed by atoms with Gasteiger partial charge in [-0.15, -0.1) is 0 Å². The van der Waals surface area contributed by atoms with Crippen LogP contribution >= 0.6 is 46.4 Å². The number of ether oxygens (including phenoxy) is 1. The fraction of sp³-hybridized carbons (Fsp3) is 0.125. The molecular weight excluding hydrogens is 346 g/mol. The third-order valence-electron chi connectivity index (χ3n) is 1.63. The molecule has 0 radical (unpaired) electrons. The van der Waals surface area contributed by atoms with Gasteiger partial charge in [0.15, 0.2) is 17.4 Å². The van der Waals surface area contributed by atoms with Gasteiger partial charge in [-0.25, -0.2) is 13.2 Å². The summed E-state index contributed by atoms with van der Waals surface area (Å²) in [6, 6.07) is 0. The maximum absolute atomic E-state index is 13.2. The number of benzene rings is 1. The van der Waals surface area contributed by atoms with Crippen LogP contribution in [0.2, 0.25) is 5.02 Å². The highest BCUT2D eigenvalue weighted by molar-refractivity contribution is 6.77. The third kappa shape index (κ3) is 2.77. The molecule has 0 heterocycles. The molecule has 0 unspecified atom stereocenters. The Morgan fingerprint density at radius 1 is 1.00 bits per heavy atom. The second-order valence-corrected chi connectivity index (χ2v) is 4.77. The number of carbonyl (C=O) groups excluding carboxylic acids is 1. The van der Waals surface area contributed by atoms with Gasteiger partial charge in [-0.2, -0.15) is 4.39 Å². The molecule has 18 heavy (non-hydrogen) atoms. The molecule has 0 spiro atoms. The standard InChI is InChI=1S/C8Cl4F4O2/c9-1-2(13)3(14)4(15)5(16)6(1)18-8(11,12)7(10)17. The fourth-order valence-electron chi connectivity index (χ4n) is 0.843. The first kappa shape index (κ1) is 15.6. The zero-order valence-corrected chi connectivity index (χ0v) is 10.9. The van der Waals surface area contributed by atoms with Crippen molar-refractivity contribution >= 4 is 51.6 Å². The zero-order valence-electron chi connectivity index (χ0n) is 7.84. The van der Waals surface area contributed by atoms with Crippen LogP contribution in [0, 0.1) is 23.3 Å². The predicted molar refractivity (Wildman–Crippen MR) is 57.2 cm³/mol. The first-order valence-corrected chi connectivity index (χ1v) is 5.39. The fourth-order valence-corrected chi connectivity index (χ4v) is 1.24. The summed E-state index contributed by atoms with van der Waals surface area (Å²) in [7, 11) is 0. The highest BCUT2D eigenvalue weighted by Crippen LogP contribution is 2.39. The number of carbonyl (C=O) groups is 1. The maximum Gasteiger partial charge on any atom is 0.334 e. The van der Waals surface area contributed by atoms with Crippen LogP contribution in [0.5, 0.6) is 5.75 Å². The largest absolute Gasteiger partial charge is 0.446 e. The molecule has 1 aromatic rings. The van der Waals surface area contributed by atoms with Crippen molar-refractivity contribution < 1.29 is 27.1 Å². The first-order chi connectivity index (χ1) is 8.09. The number of alkyl halides is 2. The molecule has 0 aliphatic carbocycles. The summed E-state index contributed by atoms with van der Waals surface area (Å²) in [5.74, 6) is -9.69. The molecule has 0 aliphatic heterocycles. The quantitative estimate of drug-likeness (QED) is 0.270. The summed E-state index contributed by atoms with van der Waals surface area (Å²) in [6.45, 7) is 0. The van der Waals surface area contributed by atoms with Gasteiger partial charge >= 0.3 is 4.52 Å². The van der Waals surface area contributed by atoms with Crippen molar-refractivity contribution in [3.63, 3.8) is 0 Å². The molecule has 100 valence electrons. The van der Waals surface area contributed by atoms with Crippen LogP contribution < -0.4 is 4.74 Å². The Morgan fingerprint density at radius 2 is 1.44 bits per heavy atom. The lowest BCUT2D eigenvalue weighted by Crippen LogP contribution is -2.29. The minimum Gasteiger partial charge on any atom is -0.446 e. The van der Waals surface area contributed by atoms with E-state index in [0.29, 0.717) is 0 Å². The van der Waals surface area contributed by atoms with Gasteiger partial charge in [-0.1, -0.05) is 11.6 Å². The van der Waals surface area contributed by atoms with E-state index in [2.05, 4.69) is 4.74 Å². The number of hydrogen-bond acceptors (Lipinski definition) is 2. The average Bonchev–Trinajstić information content (AvgIpc) is 2.29. The van der Waals surface area contributed by atoms with Crippen LogP contribution in [0.15, 0.2) is 0 Å². The van der Waals surface area contributed by atoms with Gasteiger partial charge in [0, 0.05) is 0 Å². The summed E-state index contributed by atoms with van der Waals surface area (Å²) in [4.78, 5) is 10.7. The lowest BCUT2D eigenvalue weighted by molar-refractivity contribution is -0.116. The van der Waals surface area contributed by atoms with Crippen LogP contribution in [-0.4, -0.2) is 9.76 Å². The Balaban J connectivity index is 3.39. The topological polar surface area (TPSA) is 26.3 Å². The molecule has 0 bridgehead atoms. The molecule has 1 aromatic carbocycles. The predicted octanol–water partition coefficient (Wildman–Crippen LogP) is 4.17. The molecule has 10 heteroatoms. The van der Waals surface area contributed by atoms with E-state index in [0.717, 1.165) is 0 Å². The Bertz CT molecular complexity index is 491. The first-order valence-electron chi connectivity index (χ1n) is 3.87. The van der Waals surface area contributed by atoms with E-state index in [4.69, 9.17) is 46.4 Å². The van der Waals surface area contributed by atoms with Crippen LogP contribution in [0.25, 0.3) is 0 Å². The average molecular weight is 346 g/mol. The lowest BCUT2D eigenvalue weighted by Gasteiger charge is -2.18. The normalized spacial score (nSPS) is 11.6. The van der Waals surface area contributed by atoms with Crippen LogP contribution in [0.1, 0.15) is 0 Å². The summed E-state index contributed by atoms with van der Waals surface area (Å²) in [6.07, 6.45) is 0. The lowest BCUT2D eigenvalue weighted by atomic mass is 10.3. The second-order valence-electron chi connectivity index (χ2n) is 2.79. The van der Waals surface area contributed by atoms with E-state index in [1.807, 2.05) is 0 Å². The van der Waals surface area contributed by atoms with E-state index in [-0.39, 0.29) is 0 Å². The van der Waals surface area contributed by atoms with Crippen molar-refractivity contribution in [1.29, 1.82) is 0 Å². The molecular formula is C8Cl4F4O2. The maximum atomic E-state index is 13.2. The number of rotatable bonds is 3. The Labute approximate surface area is 117 Å². The second kappa shape index (κ2) is 5.28. The van der Waals surface area contributed by atoms with Crippen molar-refractivity contribution in [2.24, 2.45) is 0 Å². The van der Waals surface area contributed by atoms with Crippen molar-refractivity contribution in [2.75, 3.05) is 0 Å². The van der Waals surface area contributed by atoms with Crippen molar-refractivity contribution in [3.8, 4) is 5.75 Å². The summed E-state index contributed by atoms with van der Waals surface area (Å²) in [5.41, 5.74) is 0. The molecule has 0 saturated heterocycles. The monoisotopic (exact) mass is 344 g/mol. The molecule has 0 N–H and O–H groups in total. The van der Waals surface area contributed by atoms with Crippen molar-refractivity contribution in [1.82, 2.24) is 0 Å². The van der Waals surface area contributed by atoms with Crippen LogP contribution in [0.4, 0.5) is 17.6 Å².